The molecule has 2 heterocycles. The van der Waals surface area contributed by atoms with Crippen LogP contribution in [0.4, 0.5) is 0 Å². The summed E-state index contributed by atoms with van der Waals surface area (Å²) in [6, 6.07) is 12.6. The van der Waals surface area contributed by atoms with Crippen LogP contribution in [-0.2, 0) is 6.42 Å². The highest BCUT2D eigenvalue weighted by atomic mass is 15.1. The van der Waals surface area contributed by atoms with Crippen LogP contribution in [0, 0.1) is 5.92 Å². The van der Waals surface area contributed by atoms with E-state index in [-0.39, 0.29) is 0 Å². The van der Waals surface area contributed by atoms with Crippen molar-refractivity contribution in [1.82, 2.24) is 15.5 Å². The van der Waals surface area contributed by atoms with Gasteiger partial charge < -0.3 is 5.32 Å². The molecule has 1 fully saturated rings. The summed E-state index contributed by atoms with van der Waals surface area (Å²) in [5.74, 6) is 0.681. The molecule has 1 aromatic heterocycles. The normalized spacial score (nSPS) is 15.0. The second kappa shape index (κ2) is 13.2. The van der Waals surface area contributed by atoms with Crippen molar-refractivity contribution < 1.29 is 0 Å². The lowest BCUT2D eigenvalue weighted by Gasteiger charge is -2.24. The third kappa shape index (κ3) is 6.00. The zero-order valence-corrected chi connectivity index (χ0v) is 18.0. The standard InChI is InChI=1S/C18H19N3.3C2H6/c1-2-4-14(5-3-1)18-12-16-15(6-7-17(16)20-21-18)13-8-10-19-11-9-13;3*1-2/h1-6,12-13,19H,7-11H2;3*1-2H3. The Kier molecular flexibility index (Phi) is 11.3. The number of nitrogens with one attached hydrogen (secondary N) is 1. The van der Waals surface area contributed by atoms with Crippen molar-refractivity contribution in [3.05, 3.63) is 53.7 Å². The zero-order chi connectivity index (χ0) is 20.1. The Balaban J connectivity index is 0.000000556. The van der Waals surface area contributed by atoms with Crippen LogP contribution in [0.1, 0.15) is 65.6 Å². The first-order chi connectivity index (χ1) is 13.4. The second-order valence-electron chi connectivity index (χ2n) is 5.84. The average Bonchev–Trinajstić information content (AvgIpc) is 3.22. The number of benzene rings is 1. The lowest BCUT2D eigenvalue weighted by atomic mass is 9.87. The van der Waals surface area contributed by atoms with E-state index < -0.39 is 0 Å². The molecule has 0 radical (unpaired) electrons. The smallest absolute Gasteiger partial charge is 0.0935 e. The van der Waals surface area contributed by atoms with Gasteiger partial charge in [0.05, 0.1) is 11.4 Å². The SMILES string of the molecule is C1=C(C2CCNCC2)c2cc(-c3ccccc3)nnc2C1.CC.CC.CC. The minimum absolute atomic E-state index is 0.681. The number of piperidine rings is 1. The summed E-state index contributed by atoms with van der Waals surface area (Å²) in [5, 5.41) is 12.3. The van der Waals surface area contributed by atoms with E-state index >= 15 is 0 Å². The predicted molar refractivity (Wildman–Crippen MR) is 119 cm³/mol. The van der Waals surface area contributed by atoms with E-state index in [0.29, 0.717) is 5.92 Å². The Labute approximate surface area is 166 Å². The molecule has 1 aliphatic heterocycles. The highest BCUT2D eigenvalue weighted by Crippen LogP contribution is 2.37. The quantitative estimate of drug-likeness (QED) is 0.690. The number of hydrogen-bond donors (Lipinski definition) is 1. The van der Waals surface area contributed by atoms with Gasteiger partial charge in [0.1, 0.15) is 0 Å². The largest absolute Gasteiger partial charge is 0.317 e. The molecule has 3 nitrogen and oxygen atoms in total. The molecule has 148 valence electrons. The minimum Gasteiger partial charge on any atom is -0.317 e. The van der Waals surface area contributed by atoms with Crippen LogP contribution in [0.2, 0.25) is 0 Å². The molecule has 27 heavy (non-hydrogen) atoms. The lowest BCUT2D eigenvalue weighted by Crippen LogP contribution is -2.28. The fourth-order valence-electron chi connectivity index (χ4n) is 3.40. The number of nitrogens with zero attached hydrogens (tertiary/aromatic N) is 2. The average molecular weight is 368 g/mol. The summed E-state index contributed by atoms with van der Waals surface area (Å²) in [6.45, 7) is 14.3. The highest BCUT2D eigenvalue weighted by molar-refractivity contribution is 5.76. The molecule has 0 bridgehead atoms. The molecule has 3 heteroatoms. The van der Waals surface area contributed by atoms with Crippen molar-refractivity contribution in [1.29, 1.82) is 0 Å². The molecule has 2 aromatic rings. The molecule has 0 saturated carbocycles. The van der Waals surface area contributed by atoms with E-state index in [1.165, 1.54) is 24.0 Å². The predicted octanol–water partition coefficient (Wildman–Crippen LogP) is 6.16. The van der Waals surface area contributed by atoms with Gasteiger partial charge in [0.15, 0.2) is 0 Å². The third-order valence-electron chi connectivity index (χ3n) is 4.55. The molecule has 1 N–H and O–H groups in total. The van der Waals surface area contributed by atoms with Gasteiger partial charge in [-0.05, 0) is 43.5 Å². The molecule has 0 spiro atoms. The van der Waals surface area contributed by atoms with Gasteiger partial charge in [-0.2, -0.15) is 10.2 Å². The van der Waals surface area contributed by atoms with Gasteiger partial charge in [0.2, 0.25) is 0 Å². The van der Waals surface area contributed by atoms with Gasteiger partial charge in [-0.15, -0.1) is 0 Å². The number of rotatable bonds is 2. The van der Waals surface area contributed by atoms with Crippen LogP contribution >= 0.6 is 0 Å². The Hall–Kier alpha value is -2.00. The summed E-state index contributed by atoms with van der Waals surface area (Å²) < 4.78 is 0. The first kappa shape index (κ1) is 23.0. The summed E-state index contributed by atoms with van der Waals surface area (Å²) in [7, 11) is 0. The molecule has 4 rings (SSSR count). The molecule has 2 aliphatic rings. The van der Waals surface area contributed by atoms with Gasteiger partial charge in [-0.3, -0.25) is 0 Å². The maximum atomic E-state index is 4.46. The summed E-state index contributed by atoms with van der Waals surface area (Å²) >= 11 is 0. The summed E-state index contributed by atoms with van der Waals surface area (Å²) in [4.78, 5) is 0. The lowest BCUT2D eigenvalue weighted by molar-refractivity contribution is 0.447. The number of allylic oxidation sites excluding steroid dienone is 2. The molecular weight excluding hydrogens is 330 g/mol. The fraction of sp³-hybridized carbons (Fsp3) is 0.500. The van der Waals surface area contributed by atoms with Crippen LogP contribution < -0.4 is 5.32 Å². The van der Waals surface area contributed by atoms with Crippen LogP contribution in [0.5, 0.6) is 0 Å². The first-order valence-electron chi connectivity index (χ1n) is 10.7. The molecule has 0 atom stereocenters. The van der Waals surface area contributed by atoms with Crippen LogP contribution in [-0.4, -0.2) is 23.3 Å². The molecule has 0 amide bonds. The summed E-state index contributed by atoms with van der Waals surface area (Å²) in [6.07, 6.45) is 5.77. The van der Waals surface area contributed by atoms with E-state index in [0.717, 1.165) is 36.5 Å². The van der Waals surface area contributed by atoms with Gasteiger partial charge >= 0.3 is 0 Å². The first-order valence-corrected chi connectivity index (χ1v) is 10.7. The van der Waals surface area contributed by atoms with Crippen molar-refractivity contribution in [3.8, 4) is 11.3 Å². The van der Waals surface area contributed by atoms with Crippen molar-refractivity contribution in [2.45, 2.75) is 60.8 Å². The van der Waals surface area contributed by atoms with Gasteiger partial charge in [-0.1, -0.05) is 78.0 Å². The Morgan fingerprint density at radius 3 is 2.11 bits per heavy atom. The fourth-order valence-corrected chi connectivity index (χ4v) is 3.40. The summed E-state index contributed by atoms with van der Waals surface area (Å²) in [5.41, 5.74) is 6.10. The minimum atomic E-state index is 0.681. The van der Waals surface area contributed by atoms with E-state index in [9.17, 15) is 0 Å². The number of hydrogen-bond acceptors (Lipinski definition) is 3. The Morgan fingerprint density at radius 2 is 1.48 bits per heavy atom. The maximum absolute atomic E-state index is 4.46. The molecule has 1 aliphatic carbocycles. The van der Waals surface area contributed by atoms with Crippen molar-refractivity contribution in [2.75, 3.05) is 13.1 Å². The van der Waals surface area contributed by atoms with E-state index in [1.807, 2.05) is 59.7 Å². The van der Waals surface area contributed by atoms with Gasteiger partial charge in [0.25, 0.3) is 0 Å². The van der Waals surface area contributed by atoms with E-state index in [2.05, 4.69) is 39.8 Å². The Morgan fingerprint density at radius 1 is 0.852 bits per heavy atom. The van der Waals surface area contributed by atoms with Crippen molar-refractivity contribution in [2.24, 2.45) is 5.92 Å². The van der Waals surface area contributed by atoms with Gasteiger partial charge in [-0.25, -0.2) is 0 Å². The molecular formula is C24H37N3. The van der Waals surface area contributed by atoms with Crippen LogP contribution in [0.3, 0.4) is 0 Å². The van der Waals surface area contributed by atoms with Crippen LogP contribution in [0.25, 0.3) is 16.8 Å². The molecule has 0 unspecified atom stereocenters. The zero-order valence-electron chi connectivity index (χ0n) is 18.0. The van der Waals surface area contributed by atoms with Crippen molar-refractivity contribution >= 4 is 5.57 Å². The highest BCUT2D eigenvalue weighted by Gasteiger charge is 2.25. The third-order valence-corrected chi connectivity index (χ3v) is 4.55. The number of aromatic nitrogens is 2. The van der Waals surface area contributed by atoms with Gasteiger partial charge in [0, 0.05) is 17.5 Å². The maximum Gasteiger partial charge on any atom is 0.0935 e. The second-order valence-corrected chi connectivity index (χ2v) is 5.84. The van der Waals surface area contributed by atoms with E-state index in [4.69, 9.17) is 0 Å². The van der Waals surface area contributed by atoms with Crippen LogP contribution in [0.15, 0.2) is 42.5 Å². The Bertz CT molecular complexity index is 671. The topological polar surface area (TPSA) is 37.8 Å². The number of fused-ring (bicyclic) bond motifs is 1. The molecule has 1 saturated heterocycles. The molecule has 1 aromatic carbocycles. The monoisotopic (exact) mass is 367 g/mol. The van der Waals surface area contributed by atoms with E-state index in [1.54, 1.807) is 0 Å². The van der Waals surface area contributed by atoms with Crippen molar-refractivity contribution in [3.63, 3.8) is 0 Å².